The van der Waals surface area contributed by atoms with E-state index in [1.54, 1.807) is 6.08 Å². The van der Waals surface area contributed by atoms with Crippen LogP contribution in [-0.2, 0) is 14.3 Å². The van der Waals surface area contributed by atoms with Gasteiger partial charge in [-0.15, -0.1) is 0 Å². The van der Waals surface area contributed by atoms with Crippen molar-refractivity contribution >= 4 is 17.8 Å². The van der Waals surface area contributed by atoms with Gasteiger partial charge in [0.05, 0.1) is 18.1 Å². The van der Waals surface area contributed by atoms with Gasteiger partial charge in [0.25, 0.3) is 0 Å². The number of benzene rings is 1. The molecule has 0 heterocycles. The molecule has 190 valence electrons. The Labute approximate surface area is 207 Å². The van der Waals surface area contributed by atoms with Crippen LogP contribution in [0.1, 0.15) is 59.4 Å². The maximum Gasteiger partial charge on any atom is 0.331 e. The summed E-state index contributed by atoms with van der Waals surface area (Å²) in [6.45, 7) is 9.67. The molecule has 1 aromatic rings. The smallest absolute Gasteiger partial charge is 0.331 e. The van der Waals surface area contributed by atoms with E-state index in [-0.39, 0.29) is 35.4 Å². The van der Waals surface area contributed by atoms with Crippen LogP contribution in [0.4, 0.5) is 0 Å². The summed E-state index contributed by atoms with van der Waals surface area (Å²) in [5.74, 6) is -2.23. The summed E-state index contributed by atoms with van der Waals surface area (Å²) in [7, 11) is 0. The van der Waals surface area contributed by atoms with Crippen LogP contribution in [0.2, 0.25) is 0 Å². The summed E-state index contributed by atoms with van der Waals surface area (Å²) < 4.78 is 5.83. The molecule has 0 radical (unpaired) electrons. The Kier molecular flexibility index (Phi) is 5.45. The molecule has 0 amide bonds. The van der Waals surface area contributed by atoms with Crippen molar-refractivity contribution in [1.29, 1.82) is 0 Å². The van der Waals surface area contributed by atoms with E-state index in [1.807, 2.05) is 65.0 Å². The molecular formula is C29H38O6. The molecule has 1 aromatic carbocycles. The molecule has 4 aliphatic rings. The van der Waals surface area contributed by atoms with Crippen LogP contribution in [0.25, 0.3) is 6.08 Å². The normalized spacial score (nSPS) is 48.0. The molecule has 0 saturated heterocycles. The maximum atomic E-state index is 14.2. The van der Waals surface area contributed by atoms with Crippen molar-refractivity contribution in [2.24, 2.45) is 39.9 Å². The predicted octanol–water partition coefficient (Wildman–Crippen LogP) is 3.38. The second-order valence-electron chi connectivity index (χ2n) is 12.6. The van der Waals surface area contributed by atoms with Crippen molar-refractivity contribution in [3.05, 3.63) is 42.0 Å². The van der Waals surface area contributed by atoms with Crippen LogP contribution in [0.15, 0.2) is 36.4 Å². The highest BCUT2D eigenvalue weighted by Crippen LogP contribution is 2.73. The third-order valence-electron chi connectivity index (χ3n) is 10.7. The quantitative estimate of drug-likeness (QED) is 0.451. The molecule has 6 nitrogen and oxygen atoms in total. The van der Waals surface area contributed by atoms with Crippen molar-refractivity contribution in [2.75, 3.05) is 0 Å². The van der Waals surface area contributed by atoms with Gasteiger partial charge in [0, 0.05) is 22.8 Å². The average Bonchev–Trinajstić information content (AvgIpc) is 3.08. The zero-order valence-electron chi connectivity index (χ0n) is 21.3. The van der Waals surface area contributed by atoms with Crippen molar-refractivity contribution < 1.29 is 29.6 Å². The number of aliphatic hydroxyl groups excluding tert-OH is 2. The first-order valence-corrected chi connectivity index (χ1v) is 12.9. The van der Waals surface area contributed by atoms with E-state index in [2.05, 4.69) is 0 Å². The Morgan fingerprint density at radius 1 is 1.06 bits per heavy atom. The van der Waals surface area contributed by atoms with Gasteiger partial charge in [-0.2, -0.15) is 0 Å². The van der Waals surface area contributed by atoms with E-state index in [9.17, 15) is 24.9 Å². The minimum atomic E-state index is -1.80. The van der Waals surface area contributed by atoms with Gasteiger partial charge in [-0.1, -0.05) is 65.0 Å². The Hall–Kier alpha value is -2.02. The summed E-state index contributed by atoms with van der Waals surface area (Å²) in [5, 5.41) is 34.8. The number of esters is 1. The van der Waals surface area contributed by atoms with E-state index in [1.165, 1.54) is 6.08 Å². The molecular weight excluding hydrogens is 444 g/mol. The summed E-state index contributed by atoms with van der Waals surface area (Å²) in [4.78, 5) is 27.0. The number of ether oxygens (including phenoxy) is 1. The van der Waals surface area contributed by atoms with Gasteiger partial charge < -0.3 is 20.1 Å². The highest BCUT2D eigenvalue weighted by molar-refractivity contribution is 5.96. The first-order valence-electron chi connectivity index (χ1n) is 12.9. The molecule has 5 rings (SSSR count). The first-order chi connectivity index (χ1) is 16.3. The van der Waals surface area contributed by atoms with Gasteiger partial charge in [-0.3, -0.25) is 4.79 Å². The molecule has 0 aromatic heterocycles. The Morgan fingerprint density at radius 2 is 1.71 bits per heavy atom. The van der Waals surface area contributed by atoms with E-state index >= 15 is 0 Å². The Balaban J connectivity index is 1.46. The van der Waals surface area contributed by atoms with Gasteiger partial charge in [-0.05, 0) is 48.2 Å². The van der Waals surface area contributed by atoms with Gasteiger partial charge in [0.15, 0.2) is 5.78 Å². The highest BCUT2D eigenvalue weighted by Gasteiger charge is 2.80. The summed E-state index contributed by atoms with van der Waals surface area (Å²) in [5.41, 5.74) is -3.15. The SMILES string of the molecule is C[C@H]1C[C@]2(O)C(=O)[C@@]3(C)[C@@H]4[C@@H](O)C(C)(C)[C@H]4CC[C@@]3(C)[C@H](O)[C@H]2[C@H]1OC(=O)/C=C/c1ccccc1. The van der Waals surface area contributed by atoms with Crippen molar-refractivity contribution in [2.45, 2.75) is 77.8 Å². The lowest BCUT2D eigenvalue weighted by Gasteiger charge is -2.72. The molecule has 0 unspecified atom stereocenters. The van der Waals surface area contributed by atoms with E-state index < -0.39 is 46.6 Å². The molecule has 0 aliphatic heterocycles. The van der Waals surface area contributed by atoms with Crippen LogP contribution in [0.5, 0.6) is 0 Å². The number of hydrogen-bond acceptors (Lipinski definition) is 6. The largest absolute Gasteiger partial charge is 0.458 e. The topological polar surface area (TPSA) is 104 Å². The highest BCUT2D eigenvalue weighted by atomic mass is 16.5. The lowest BCUT2D eigenvalue weighted by Crippen LogP contribution is -2.78. The molecule has 10 atom stereocenters. The monoisotopic (exact) mass is 482 g/mol. The lowest BCUT2D eigenvalue weighted by atomic mass is 9.32. The maximum absolute atomic E-state index is 14.2. The van der Waals surface area contributed by atoms with Crippen molar-refractivity contribution in [1.82, 2.24) is 0 Å². The molecule has 4 aliphatic carbocycles. The number of hydrogen-bond donors (Lipinski definition) is 3. The van der Waals surface area contributed by atoms with E-state index in [0.29, 0.717) is 6.42 Å². The van der Waals surface area contributed by atoms with Gasteiger partial charge in [0.2, 0.25) is 0 Å². The standard InChI is InChI=1S/C29H38O6/c1-16-15-29(34)21(22(16)35-19(30)12-11-17-9-7-6-8-10-17)24(32)27(4)14-13-18-20(23(31)26(18,2)3)28(27,5)25(29)33/h6-12,16,18,20-24,31-32,34H,13-15H2,1-5H3/b12-11+/t16-,18-,20-,21+,22-,23+,24+,27-,28+,29+/m0/s1. The fourth-order valence-electron chi connectivity index (χ4n) is 8.47. The van der Waals surface area contributed by atoms with Crippen molar-refractivity contribution in [3.63, 3.8) is 0 Å². The number of ketones is 1. The fourth-order valence-corrected chi connectivity index (χ4v) is 8.47. The molecule has 0 spiro atoms. The summed E-state index contributed by atoms with van der Waals surface area (Å²) in [6, 6.07) is 9.39. The second kappa shape index (κ2) is 7.74. The van der Waals surface area contributed by atoms with Crippen LogP contribution in [0, 0.1) is 39.9 Å². The van der Waals surface area contributed by atoms with E-state index in [0.717, 1.165) is 12.0 Å². The van der Waals surface area contributed by atoms with E-state index in [4.69, 9.17) is 4.74 Å². The lowest BCUT2D eigenvalue weighted by molar-refractivity contribution is -0.294. The molecule has 0 bridgehead atoms. The zero-order chi connectivity index (χ0) is 25.6. The molecule has 4 fully saturated rings. The first kappa shape index (κ1) is 24.7. The number of carbonyl (C=O) groups excluding carboxylic acids is 2. The van der Waals surface area contributed by atoms with Crippen molar-refractivity contribution in [3.8, 4) is 0 Å². The number of Topliss-reactive ketones (excluding diaryl/α,β-unsaturated/α-hetero) is 1. The Morgan fingerprint density at radius 3 is 2.37 bits per heavy atom. The minimum absolute atomic E-state index is 0.121. The number of fused-ring (bicyclic) bond motifs is 4. The van der Waals surface area contributed by atoms with Crippen LogP contribution in [0.3, 0.4) is 0 Å². The summed E-state index contributed by atoms with van der Waals surface area (Å²) >= 11 is 0. The van der Waals surface area contributed by atoms with Gasteiger partial charge in [-0.25, -0.2) is 4.79 Å². The molecule has 4 saturated carbocycles. The van der Waals surface area contributed by atoms with Crippen LogP contribution in [-0.4, -0.2) is 51.0 Å². The zero-order valence-corrected chi connectivity index (χ0v) is 21.3. The van der Waals surface area contributed by atoms with Crippen LogP contribution >= 0.6 is 0 Å². The molecule has 3 N–H and O–H groups in total. The van der Waals surface area contributed by atoms with Gasteiger partial charge >= 0.3 is 5.97 Å². The molecule has 35 heavy (non-hydrogen) atoms. The fraction of sp³-hybridized carbons (Fsp3) is 0.655. The molecule has 6 heteroatoms. The van der Waals surface area contributed by atoms with Gasteiger partial charge in [0.1, 0.15) is 11.7 Å². The second-order valence-corrected chi connectivity index (χ2v) is 12.6. The third-order valence-corrected chi connectivity index (χ3v) is 10.7. The Bertz CT molecular complexity index is 1060. The predicted molar refractivity (Wildman–Crippen MR) is 131 cm³/mol. The summed E-state index contributed by atoms with van der Waals surface area (Å²) in [6.07, 6.45) is 2.04. The number of rotatable bonds is 3. The minimum Gasteiger partial charge on any atom is -0.458 e. The van der Waals surface area contributed by atoms with Crippen LogP contribution < -0.4 is 0 Å². The number of aliphatic hydroxyl groups is 3. The number of carbonyl (C=O) groups is 2. The average molecular weight is 483 g/mol. The third kappa shape index (κ3) is 3.06.